The van der Waals surface area contributed by atoms with Gasteiger partial charge >= 0.3 is 0 Å². The molecule has 1 saturated heterocycles. The first kappa shape index (κ1) is 14.0. The minimum absolute atomic E-state index is 0.0378. The van der Waals surface area contributed by atoms with Crippen molar-refractivity contribution in [2.45, 2.75) is 31.3 Å². The summed E-state index contributed by atoms with van der Waals surface area (Å²) < 4.78 is 0. The molecule has 104 valence electrons. The third-order valence-electron chi connectivity index (χ3n) is 3.61. The van der Waals surface area contributed by atoms with Gasteiger partial charge in [0.25, 0.3) is 0 Å². The normalized spacial score (nSPS) is 21.9. The highest BCUT2D eigenvalue weighted by Gasteiger charge is 2.21. The van der Waals surface area contributed by atoms with Crippen LogP contribution in [0.2, 0.25) is 0 Å². The summed E-state index contributed by atoms with van der Waals surface area (Å²) in [5, 5.41) is 3.06. The van der Waals surface area contributed by atoms with Gasteiger partial charge in [-0.3, -0.25) is 4.79 Å². The molecule has 1 unspecified atom stereocenters. The topological polar surface area (TPSA) is 58.4 Å². The first-order valence-corrected chi connectivity index (χ1v) is 6.93. The van der Waals surface area contributed by atoms with Gasteiger partial charge in [0.05, 0.1) is 6.04 Å². The molecule has 1 aromatic carbocycles. The lowest BCUT2D eigenvalue weighted by Crippen LogP contribution is -2.51. The molecule has 3 N–H and O–H groups in total. The average Bonchev–Trinajstić information content (AvgIpc) is 2.40. The Morgan fingerprint density at radius 2 is 2.21 bits per heavy atom. The number of nitrogens with one attached hydrogen (secondary N) is 1. The van der Waals surface area contributed by atoms with Gasteiger partial charge in [0.2, 0.25) is 5.91 Å². The average molecular weight is 261 g/mol. The summed E-state index contributed by atoms with van der Waals surface area (Å²) >= 11 is 0. The van der Waals surface area contributed by atoms with Crippen LogP contribution in [-0.2, 0) is 11.2 Å². The van der Waals surface area contributed by atoms with E-state index >= 15 is 0 Å². The predicted molar refractivity (Wildman–Crippen MR) is 76.8 cm³/mol. The summed E-state index contributed by atoms with van der Waals surface area (Å²) in [6.45, 7) is 2.03. The number of likely N-dealkylation sites (tertiary alicyclic amines) is 1. The number of nitrogens with two attached hydrogens (primary N) is 1. The fraction of sp³-hybridized carbons (Fsp3) is 0.533. The second-order valence-corrected chi connectivity index (χ2v) is 5.41. The molecule has 1 amide bonds. The van der Waals surface area contributed by atoms with Crippen molar-refractivity contribution < 1.29 is 4.79 Å². The fourth-order valence-electron chi connectivity index (χ4n) is 2.55. The van der Waals surface area contributed by atoms with Crippen LogP contribution in [0.1, 0.15) is 18.4 Å². The molecule has 4 heteroatoms. The van der Waals surface area contributed by atoms with E-state index in [2.05, 4.69) is 17.3 Å². The van der Waals surface area contributed by atoms with Gasteiger partial charge in [0.1, 0.15) is 0 Å². The first-order chi connectivity index (χ1) is 9.15. The van der Waals surface area contributed by atoms with Crippen molar-refractivity contribution in [1.82, 2.24) is 10.2 Å². The lowest BCUT2D eigenvalue weighted by molar-refractivity contribution is -0.123. The minimum atomic E-state index is -0.463. The predicted octanol–water partition coefficient (Wildman–Crippen LogP) is 0.767. The number of amides is 1. The summed E-state index contributed by atoms with van der Waals surface area (Å²) in [6, 6.07) is 9.69. The number of carbonyl (C=O) groups is 1. The van der Waals surface area contributed by atoms with Crippen molar-refractivity contribution in [3.8, 4) is 0 Å². The molecule has 0 radical (unpaired) electrons. The number of carbonyl (C=O) groups excluding carboxylic acids is 1. The lowest BCUT2D eigenvalue weighted by Gasteiger charge is -2.30. The molecule has 0 saturated carbocycles. The number of rotatable bonds is 4. The smallest absolute Gasteiger partial charge is 0.237 e. The molecule has 1 heterocycles. The third-order valence-corrected chi connectivity index (χ3v) is 3.61. The van der Waals surface area contributed by atoms with E-state index in [0.717, 1.165) is 31.5 Å². The van der Waals surface area contributed by atoms with Crippen molar-refractivity contribution in [3.05, 3.63) is 35.9 Å². The van der Waals surface area contributed by atoms with Crippen molar-refractivity contribution in [2.75, 3.05) is 20.1 Å². The molecule has 19 heavy (non-hydrogen) atoms. The molecule has 1 aliphatic rings. The summed E-state index contributed by atoms with van der Waals surface area (Å²) in [4.78, 5) is 14.3. The van der Waals surface area contributed by atoms with Crippen LogP contribution in [0.4, 0.5) is 0 Å². The highest BCUT2D eigenvalue weighted by Crippen LogP contribution is 2.08. The molecule has 1 aromatic rings. The lowest BCUT2D eigenvalue weighted by atomic mass is 10.0. The summed E-state index contributed by atoms with van der Waals surface area (Å²) in [6.07, 6.45) is 2.78. The van der Waals surface area contributed by atoms with E-state index in [0.29, 0.717) is 6.42 Å². The zero-order chi connectivity index (χ0) is 13.7. The fourth-order valence-corrected chi connectivity index (χ4v) is 2.55. The Bertz CT molecular complexity index is 407. The van der Waals surface area contributed by atoms with Crippen molar-refractivity contribution >= 4 is 5.91 Å². The van der Waals surface area contributed by atoms with E-state index in [1.165, 1.54) is 0 Å². The Morgan fingerprint density at radius 1 is 1.47 bits per heavy atom. The maximum atomic E-state index is 12.1. The molecule has 4 nitrogen and oxygen atoms in total. The standard InChI is InChI=1S/C15H23N3O/c1-18-9-5-8-13(11-18)17-15(19)14(16)10-12-6-3-2-4-7-12/h2-4,6-7,13-14H,5,8-11,16H2,1H3,(H,17,19)/t13?,14-/m0/s1. The van der Waals surface area contributed by atoms with Gasteiger partial charge < -0.3 is 16.0 Å². The van der Waals surface area contributed by atoms with E-state index in [9.17, 15) is 4.79 Å². The Labute approximate surface area is 115 Å². The highest BCUT2D eigenvalue weighted by molar-refractivity contribution is 5.82. The molecular formula is C15H23N3O. The Balaban J connectivity index is 1.82. The van der Waals surface area contributed by atoms with E-state index in [1.807, 2.05) is 30.3 Å². The van der Waals surface area contributed by atoms with Crippen LogP contribution in [0.3, 0.4) is 0 Å². The van der Waals surface area contributed by atoms with Gasteiger partial charge in [-0.1, -0.05) is 30.3 Å². The van der Waals surface area contributed by atoms with Crippen LogP contribution in [0.15, 0.2) is 30.3 Å². The Kier molecular flexibility index (Phi) is 4.93. The Hall–Kier alpha value is -1.39. The van der Waals surface area contributed by atoms with Gasteiger partial charge in [0.15, 0.2) is 0 Å². The largest absolute Gasteiger partial charge is 0.351 e. The van der Waals surface area contributed by atoms with E-state index in [4.69, 9.17) is 5.73 Å². The molecule has 1 aliphatic heterocycles. The van der Waals surface area contributed by atoms with Crippen LogP contribution < -0.4 is 11.1 Å². The van der Waals surface area contributed by atoms with Gasteiger partial charge in [0, 0.05) is 12.6 Å². The second-order valence-electron chi connectivity index (χ2n) is 5.41. The molecule has 1 fully saturated rings. The third kappa shape index (κ3) is 4.33. The Morgan fingerprint density at radius 3 is 2.89 bits per heavy atom. The number of hydrogen-bond acceptors (Lipinski definition) is 3. The van der Waals surface area contributed by atoms with Crippen LogP contribution in [-0.4, -0.2) is 43.0 Å². The molecule has 0 bridgehead atoms. The molecule has 2 rings (SSSR count). The summed E-state index contributed by atoms with van der Waals surface area (Å²) in [5.74, 6) is -0.0378. The number of nitrogens with zero attached hydrogens (tertiary/aromatic N) is 1. The van der Waals surface area contributed by atoms with E-state index < -0.39 is 6.04 Å². The van der Waals surface area contributed by atoms with Gasteiger partial charge in [-0.25, -0.2) is 0 Å². The van der Waals surface area contributed by atoms with E-state index in [-0.39, 0.29) is 11.9 Å². The first-order valence-electron chi connectivity index (χ1n) is 6.93. The van der Waals surface area contributed by atoms with Crippen LogP contribution in [0, 0.1) is 0 Å². The number of piperidine rings is 1. The zero-order valence-electron chi connectivity index (χ0n) is 11.5. The number of benzene rings is 1. The minimum Gasteiger partial charge on any atom is -0.351 e. The molecular weight excluding hydrogens is 238 g/mol. The molecule has 0 aliphatic carbocycles. The van der Waals surface area contributed by atoms with Crippen molar-refractivity contribution in [3.63, 3.8) is 0 Å². The van der Waals surface area contributed by atoms with Crippen LogP contribution in [0.5, 0.6) is 0 Å². The molecule has 2 atom stereocenters. The van der Waals surface area contributed by atoms with Gasteiger partial charge in [-0.15, -0.1) is 0 Å². The molecule has 0 aromatic heterocycles. The van der Waals surface area contributed by atoms with Crippen molar-refractivity contribution in [2.24, 2.45) is 5.73 Å². The van der Waals surface area contributed by atoms with Gasteiger partial charge in [-0.05, 0) is 38.4 Å². The summed E-state index contributed by atoms with van der Waals surface area (Å²) in [5.41, 5.74) is 7.08. The zero-order valence-corrected chi connectivity index (χ0v) is 11.5. The van der Waals surface area contributed by atoms with Gasteiger partial charge in [-0.2, -0.15) is 0 Å². The van der Waals surface area contributed by atoms with Crippen LogP contribution >= 0.6 is 0 Å². The van der Waals surface area contributed by atoms with E-state index in [1.54, 1.807) is 0 Å². The maximum absolute atomic E-state index is 12.1. The number of likely N-dealkylation sites (N-methyl/N-ethyl adjacent to an activating group) is 1. The highest BCUT2D eigenvalue weighted by atomic mass is 16.2. The SMILES string of the molecule is CN1CCCC(NC(=O)[C@@H](N)Cc2ccccc2)C1. The van der Waals surface area contributed by atoms with Crippen LogP contribution in [0.25, 0.3) is 0 Å². The summed E-state index contributed by atoms with van der Waals surface area (Å²) in [7, 11) is 2.09. The number of hydrogen-bond donors (Lipinski definition) is 2. The maximum Gasteiger partial charge on any atom is 0.237 e. The monoisotopic (exact) mass is 261 g/mol. The second kappa shape index (κ2) is 6.68. The quantitative estimate of drug-likeness (QED) is 0.841. The van der Waals surface area contributed by atoms with Crippen molar-refractivity contribution in [1.29, 1.82) is 0 Å². The molecule has 0 spiro atoms.